The Morgan fingerprint density at radius 1 is 1.18 bits per heavy atom. The number of carbonyl (C=O) groups is 3. The number of hydrogen-bond acceptors (Lipinski definition) is 6. The first-order valence-electron chi connectivity index (χ1n) is 13.8. The summed E-state index contributed by atoms with van der Waals surface area (Å²) >= 11 is 12.4. The predicted molar refractivity (Wildman–Crippen MR) is 156 cm³/mol. The van der Waals surface area contributed by atoms with Crippen molar-refractivity contribution in [1.29, 1.82) is 0 Å². The van der Waals surface area contributed by atoms with Gasteiger partial charge in [0.2, 0.25) is 5.91 Å². The number of ether oxygens (including phenoxy) is 2. The van der Waals surface area contributed by atoms with Crippen LogP contribution in [0.25, 0.3) is 11.3 Å². The van der Waals surface area contributed by atoms with Gasteiger partial charge in [-0.25, -0.2) is 14.2 Å². The molecule has 2 N–H and O–H groups in total. The van der Waals surface area contributed by atoms with Gasteiger partial charge in [-0.05, 0) is 36.6 Å². The van der Waals surface area contributed by atoms with Gasteiger partial charge in [0.25, 0.3) is 0 Å². The van der Waals surface area contributed by atoms with Crippen molar-refractivity contribution in [2.75, 3.05) is 19.0 Å². The number of nitrogens with one attached hydrogen (secondary N) is 2. The highest BCUT2D eigenvalue weighted by atomic mass is 35.5. The maximum absolute atomic E-state index is 14.9. The Morgan fingerprint density at radius 3 is 2.67 bits per heavy atom. The van der Waals surface area contributed by atoms with Crippen molar-refractivity contribution in [2.45, 2.75) is 50.4 Å². The lowest BCUT2D eigenvalue weighted by atomic mass is 9.97. The molecule has 1 saturated heterocycles. The van der Waals surface area contributed by atoms with E-state index in [0.717, 1.165) is 6.07 Å². The molecule has 2 aromatic carbocycles. The molecular weight excluding hydrogens is 643 g/mol. The third-order valence-corrected chi connectivity index (χ3v) is 8.06. The number of aromatic amines is 1. The van der Waals surface area contributed by atoms with Crippen molar-refractivity contribution in [1.82, 2.24) is 14.9 Å². The van der Waals surface area contributed by atoms with Crippen LogP contribution in [0.5, 0.6) is 0 Å². The Labute approximate surface area is 264 Å². The lowest BCUT2D eigenvalue weighted by Gasteiger charge is -2.36. The van der Waals surface area contributed by atoms with E-state index < -0.39 is 52.4 Å². The number of hydrogen-bond donors (Lipinski definition) is 2. The monoisotopic (exact) mass is 668 g/mol. The van der Waals surface area contributed by atoms with E-state index in [4.69, 9.17) is 32.7 Å². The zero-order valence-corrected chi connectivity index (χ0v) is 25.2. The van der Waals surface area contributed by atoms with Gasteiger partial charge in [0.05, 0.1) is 35.8 Å². The topological polar surface area (TPSA) is 114 Å². The zero-order valence-electron chi connectivity index (χ0n) is 23.6. The van der Waals surface area contributed by atoms with Crippen molar-refractivity contribution < 1.29 is 41.4 Å². The number of allylic oxidation sites excluding steroid dienone is 1. The third kappa shape index (κ3) is 6.94. The molecule has 238 valence electrons. The van der Waals surface area contributed by atoms with E-state index in [1.54, 1.807) is 30.4 Å². The van der Waals surface area contributed by atoms with E-state index in [1.165, 1.54) is 12.0 Å². The number of anilines is 1. The van der Waals surface area contributed by atoms with Gasteiger partial charge >= 0.3 is 18.2 Å². The number of esters is 1. The molecule has 1 fully saturated rings. The van der Waals surface area contributed by atoms with Gasteiger partial charge in [0, 0.05) is 30.5 Å². The standard InChI is InChI=1S/C30H26Cl2F4N4O5/c1-44-23(42)14-15-7-8-16-19(13-15)37-22(41)6-4-2-3-5-20(28-38-26(16)27(32)39-28)40-12-11-21(45-29(40)43)24-17(30(34,35)36)9-10-18(31)25(24)33/h2-3,7-10,13,20-21H,4-6,11-12,14H2,1H3,(H,37,41)(H,38,39)/b3-2+/t20-,21?/m0/s1. The minimum atomic E-state index is -4.91. The van der Waals surface area contributed by atoms with Gasteiger partial charge in [-0.3, -0.25) is 14.5 Å². The van der Waals surface area contributed by atoms with Crippen LogP contribution in [-0.2, 0) is 31.7 Å². The Bertz CT molecular complexity index is 1680. The van der Waals surface area contributed by atoms with Gasteiger partial charge in [0.1, 0.15) is 28.6 Å². The molecule has 2 amide bonds. The predicted octanol–water partition coefficient (Wildman–Crippen LogP) is 7.56. The first-order chi connectivity index (χ1) is 21.4. The van der Waals surface area contributed by atoms with E-state index in [-0.39, 0.29) is 54.8 Å². The molecule has 2 aliphatic heterocycles. The van der Waals surface area contributed by atoms with E-state index >= 15 is 0 Å². The molecule has 5 rings (SSSR count). The number of rotatable bonds is 4. The summed E-state index contributed by atoms with van der Waals surface area (Å²) in [6.07, 6.45) is -3.47. The van der Waals surface area contributed by atoms with Crippen LogP contribution < -0.4 is 5.32 Å². The first-order valence-corrected chi connectivity index (χ1v) is 14.6. The van der Waals surface area contributed by atoms with Gasteiger partial charge in [-0.2, -0.15) is 13.2 Å². The van der Waals surface area contributed by atoms with E-state index in [2.05, 4.69) is 15.3 Å². The van der Waals surface area contributed by atoms with Crippen molar-refractivity contribution in [3.05, 3.63) is 81.0 Å². The lowest BCUT2D eigenvalue weighted by Crippen LogP contribution is -2.42. The average Bonchev–Trinajstić information content (AvgIpc) is 3.36. The number of methoxy groups -OCH3 is 1. The summed E-state index contributed by atoms with van der Waals surface area (Å²) in [6.45, 7) is -0.105. The number of cyclic esters (lactones) is 1. The quantitative estimate of drug-likeness (QED) is 0.169. The molecule has 2 atom stereocenters. The minimum absolute atomic E-state index is 0.0361. The van der Waals surface area contributed by atoms with Gasteiger partial charge in [-0.1, -0.05) is 47.5 Å². The van der Waals surface area contributed by atoms with Crippen LogP contribution in [0.4, 0.5) is 28.0 Å². The third-order valence-electron chi connectivity index (χ3n) is 7.49. The molecule has 0 radical (unpaired) electrons. The highest BCUT2D eigenvalue weighted by molar-refractivity contribution is 6.32. The number of H-pyrrole nitrogens is 1. The molecule has 0 saturated carbocycles. The molecule has 3 aromatic rings. The molecule has 0 aliphatic carbocycles. The second-order valence-electron chi connectivity index (χ2n) is 10.4. The summed E-state index contributed by atoms with van der Waals surface area (Å²) in [5, 5.41) is 2.40. The van der Waals surface area contributed by atoms with Crippen LogP contribution in [0, 0.1) is 5.82 Å². The van der Waals surface area contributed by atoms with Crippen molar-refractivity contribution in [3.63, 3.8) is 0 Å². The lowest BCUT2D eigenvalue weighted by molar-refractivity contribution is -0.140. The molecule has 45 heavy (non-hydrogen) atoms. The molecule has 9 nitrogen and oxygen atoms in total. The first kappa shape index (κ1) is 32.3. The fraction of sp³-hybridized carbons (Fsp3) is 0.333. The van der Waals surface area contributed by atoms with Gasteiger partial charge < -0.3 is 19.8 Å². The van der Waals surface area contributed by atoms with Crippen molar-refractivity contribution in [3.8, 4) is 11.3 Å². The molecule has 1 unspecified atom stereocenters. The molecule has 2 bridgehead atoms. The Hall–Kier alpha value is -4.10. The second kappa shape index (κ2) is 13.1. The van der Waals surface area contributed by atoms with Gasteiger partial charge in [-0.15, -0.1) is 0 Å². The summed E-state index contributed by atoms with van der Waals surface area (Å²) < 4.78 is 66.3. The number of fused-ring (bicyclic) bond motifs is 4. The van der Waals surface area contributed by atoms with Crippen LogP contribution >= 0.6 is 23.2 Å². The largest absolute Gasteiger partial charge is 0.469 e. The van der Waals surface area contributed by atoms with E-state index in [9.17, 15) is 31.9 Å². The molecule has 0 spiro atoms. The number of aromatic nitrogens is 2. The fourth-order valence-electron chi connectivity index (χ4n) is 5.32. The summed E-state index contributed by atoms with van der Waals surface area (Å²) in [5.74, 6) is -1.82. The van der Waals surface area contributed by atoms with Crippen LogP contribution in [0.1, 0.15) is 60.3 Å². The number of carbonyl (C=O) groups excluding carboxylic acids is 3. The average molecular weight is 669 g/mol. The van der Waals surface area contributed by atoms with Gasteiger partial charge in [0.15, 0.2) is 0 Å². The highest BCUT2D eigenvalue weighted by Gasteiger charge is 2.42. The second-order valence-corrected chi connectivity index (χ2v) is 11.2. The van der Waals surface area contributed by atoms with Crippen LogP contribution in [0.3, 0.4) is 0 Å². The fourth-order valence-corrected chi connectivity index (χ4v) is 5.73. The smallest absolute Gasteiger partial charge is 0.416 e. The van der Waals surface area contributed by atoms with E-state index in [0.29, 0.717) is 29.3 Å². The molecular formula is C30H26Cl2F4N4O5. The summed E-state index contributed by atoms with van der Waals surface area (Å²) in [4.78, 5) is 46.8. The normalized spacial score (nSPS) is 19.8. The van der Waals surface area contributed by atoms with Crippen LogP contribution in [-0.4, -0.2) is 46.5 Å². The number of benzene rings is 2. The number of alkyl halides is 3. The van der Waals surface area contributed by atoms with Crippen LogP contribution in [0.15, 0.2) is 42.5 Å². The van der Waals surface area contributed by atoms with E-state index in [1.807, 2.05) is 0 Å². The Balaban J connectivity index is 1.49. The number of halogens is 6. The minimum Gasteiger partial charge on any atom is -0.469 e. The maximum atomic E-state index is 14.9. The number of nitrogens with zero attached hydrogens (tertiary/aromatic N) is 2. The molecule has 1 aromatic heterocycles. The molecule has 15 heteroatoms. The SMILES string of the molecule is COC(=O)Cc1ccc2c(c1)NC(=O)CC/C=C/C[C@H](N1CCC(c3c(C(F)(F)F)ccc(Cl)c3F)OC1=O)c1nc-2c(Cl)[nH]1. The molecule has 2 aliphatic rings. The Kier molecular flexibility index (Phi) is 9.40. The summed E-state index contributed by atoms with van der Waals surface area (Å²) in [6, 6.07) is 5.58. The Morgan fingerprint density at radius 2 is 1.96 bits per heavy atom. The number of amides is 2. The highest BCUT2D eigenvalue weighted by Crippen LogP contribution is 2.43. The zero-order chi connectivity index (χ0) is 32.5. The maximum Gasteiger partial charge on any atom is 0.416 e. The van der Waals surface area contributed by atoms with Crippen molar-refractivity contribution >= 4 is 46.9 Å². The summed E-state index contributed by atoms with van der Waals surface area (Å²) in [7, 11) is 1.27. The van der Waals surface area contributed by atoms with Crippen LogP contribution in [0.2, 0.25) is 10.2 Å². The van der Waals surface area contributed by atoms with Crippen molar-refractivity contribution in [2.24, 2.45) is 0 Å². The summed E-state index contributed by atoms with van der Waals surface area (Å²) in [5.41, 5.74) is -0.497. The number of imidazole rings is 1. The molecule has 3 heterocycles.